The first kappa shape index (κ1) is 17.0. The molecule has 0 fully saturated rings. The van der Waals surface area contributed by atoms with Gasteiger partial charge >= 0.3 is 0 Å². The van der Waals surface area contributed by atoms with Gasteiger partial charge in [0.05, 0.1) is 27.1 Å². The maximum absolute atomic E-state index is 12.8. The van der Waals surface area contributed by atoms with Crippen LogP contribution in [0.25, 0.3) is 10.9 Å². The van der Waals surface area contributed by atoms with Crippen LogP contribution < -0.4 is 0 Å². The lowest BCUT2D eigenvalue weighted by atomic mass is 10.1. The van der Waals surface area contributed by atoms with Crippen LogP contribution in [0.3, 0.4) is 0 Å². The topological polar surface area (TPSA) is 70.8 Å². The Kier molecular flexibility index (Phi) is 4.41. The molecule has 1 aromatic heterocycles. The molecule has 1 heterocycles. The number of fused-ring (bicyclic) bond motifs is 1. The highest BCUT2D eigenvalue weighted by molar-refractivity contribution is 7.91. The van der Waals surface area contributed by atoms with Crippen molar-refractivity contribution >= 4 is 55.5 Å². The lowest BCUT2D eigenvalue weighted by Crippen LogP contribution is -2.04. The number of pyridine rings is 1. The molecule has 3 rings (SSSR count). The molecule has 0 bridgehead atoms. The van der Waals surface area contributed by atoms with Crippen LogP contribution in [0.15, 0.2) is 52.4 Å². The van der Waals surface area contributed by atoms with Gasteiger partial charge in [-0.3, -0.25) is 4.98 Å². The van der Waals surface area contributed by atoms with Gasteiger partial charge in [-0.25, -0.2) is 8.42 Å². The van der Waals surface area contributed by atoms with Crippen molar-refractivity contribution in [2.24, 2.45) is 0 Å². The maximum Gasteiger partial charge on any atom is 0.209 e. The van der Waals surface area contributed by atoms with E-state index < -0.39 is 9.84 Å². The third-order valence-corrected chi connectivity index (χ3v) is 6.04. The Hall–Kier alpha value is -1.84. The van der Waals surface area contributed by atoms with E-state index in [1.807, 2.05) is 6.07 Å². The highest BCUT2D eigenvalue weighted by Crippen LogP contribution is 2.34. The molecule has 8 heteroatoms. The van der Waals surface area contributed by atoms with E-state index >= 15 is 0 Å². The average molecular weight is 398 g/mol. The predicted octanol–water partition coefficient (Wildman–Crippen LogP) is 4.90. The summed E-state index contributed by atoms with van der Waals surface area (Å²) in [5.41, 5.74) is 0.838. The summed E-state index contributed by atoms with van der Waals surface area (Å²) in [5, 5.41) is 9.78. The molecule has 0 unspecified atom stereocenters. The summed E-state index contributed by atoms with van der Waals surface area (Å²) < 4.78 is 25.7. The van der Waals surface area contributed by atoms with E-state index in [1.54, 1.807) is 12.1 Å². The maximum atomic E-state index is 12.8. The smallest absolute Gasteiger partial charge is 0.209 e. The largest absolute Gasteiger partial charge is 0.255 e. The summed E-state index contributed by atoms with van der Waals surface area (Å²) >= 11 is 18.1. The van der Waals surface area contributed by atoms with Gasteiger partial charge < -0.3 is 0 Å². The van der Waals surface area contributed by atoms with E-state index in [0.29, 0.717) is 16.5 Å². The molecule has 4 nitrogen and oxygen atoms in total. The molecule has 24 heavy (non-hydrogen) atoms. The third-order valence-electron chi connectivity index (χ3n) is 3.34. The van der Waals surface area contributed by atoms with Crippen LogP contribution in [0.5, 0.6) is 0 Å². The normalized spacial score (nSPS) is 11.4. The number of sulfone groups is 1. The van der Waals surface area contributed by atoms with Gasteiger partial charge in [0.1, 0.15) is 4.90 Å². The van der Waals surface area contributed by atoms with E-state index in [9.17, 15) is 8.42 Å². The summed E-state index contributed by atoms with van der Waals surface area (Å²) in [7, 11) is -3.95. The highest BCUT2D eigenvalue weighted by Gasteiger charge is 2.24. The fourth-order valence-corrected chi connectivity index (χ4v) is 4.73. The van der Waals surface area contributed by atoms with Gasteiger partial charge in [-0.05, 0) is 36.4 Å². The summed E-state index contributed by atoms with van der Waals surface area (Å²) in [6.07, 6.45) is 1.16. The van der Waals surface area contributed by atoms with E-state index in [2.05, 4.69) is 4.98 Å². The average Bonchev–Trinajstić information content (AvgIpc) is 2.53. The molecule has 2 aromatic carbocycles. The molecule has 0 atom stereocenters. The third kappa shape index (κ3) is 2.94. The molecule has 0 aliphatic carbocycles. The minimum atomic E-state index is -3.95. The number of hydrogen-bond donors (Lipinski definition) is 0. The number of benzene rings is 2. The van der Waals surface area contributed by atoms with Crippen molar-refractivity contribution in [3.63, 3.8) is 0 Å². The van der Waals surface area contributed by atoms with E-state index in [0.717, 1.165) is 6.20 Å². The molecule has 0 N–H and O–H groups in total. The number of aromatic nitrogens is 1. The van der Waals surface area contributed by atoms with Crippen molar-refractivity contribution in [2.45, 2.75) is 9.79 Å². The van der Waals surface area contributed by atoms with Crippen LogP contribution in [0.1, 0.15) is 5.56 Å². The van der Waals surface area contributed by atoms with Crippen LogP contribution in [-0.2, 0) is 9.84 Å². The van der Waals surface area contributed by atoms with Crippen molar-refractivity contribution in [3.05, 3.63) is 63.2 Å². The number of hydrogen-bond acceptors (Lipinski definition) is 4. The van der Waals surface area contributed by atoms with Gasteiger partial charge in [-0.1, -0.05) is 34.8 Å². The molecule has 3 aromatic rings. The standard InChI is InChI=1S/C16H7Cl3N2O2S/c17-10-4-11(18)6-12(5-10)24(22,23)15-8-21-14-3-9(7-20)1-2-13(14)16(15)19/h1-6,8H. The van der Waals surface area contributed by atoms with E-state index in [-0.39, 0.29) is 24.9 Å². The highest BCUT2D eigenvalue weighted by atomic mass is 35.5. The van der Waals surface area contributed by atoms with Gasteiger partial charge in [0.15, 0.2) is 0 Å². The van der Waals surface area contributed by atoms with Gasteiger partial charge in [-0.2, -0.15) is 5.26 Å². The van der Waals surface area contributed by atoms with Crippen molar-refractivity contribution in [3.8, 4) is 6.07 Å². The van der Waals surface area contributed by atoms with Crippen molar-refractivity contribution < 1.29 is 8.42 Å². The zero-order valence-corrected chi connectivity index (χ0v) is 14.9. The zero-order chi connectivity index (χ0) is 17.5. The molecule has 0 aliphatic rings. The van der Waals surface area contributed by atoms with Gasteiger partial charge in [-0.15, -0.1) is 0 Å². The molecule has 0 saturated heterocycles. The van der Waals surface area contributed by atoms with Crippen LogP contribution in [0.2, 0.25) is 15.1 Å². The molecule has 0 spiro atoms. The minimum absolute atomic E-state index is 0.0283. The second-order valence-corrected chi connectivity index (χ2v) is 8.06. The Morgan fingerprint density at radius 3 is 2.29 bits per heavy atom. The second kappa shape index (κ2) is 6.23. The number of nitrogens with zero attached hydrogens (tertiary/aromatic N) is 2. The van der Waals surface area contributed by atoms with E-state index in [4.69, 9.17) is 40.1 Å². The number of rotatable bonds is 2. The number of halogens is 3. The summed E-state index contributed by atoms with van der Waals surface area (Å²) in [5.74, 6) is 0. The van der Waals surface area contributed by atoms with Crippen LogP contribution in [-0.4, -0.2) is 13.4 Å². The van der Waals surface area contributed by atoms with Gasteiger partial charge in [0, 0.05) is 21.6 Å². The van der Waals surface area contributed by atoms with Crippen molar-refractivity contribution in [1.82, 2.24) is 4.98 Å². The van der Waals surface area contributed by atoms with Crippen LogP contribution >= 0.6 is 34.8 Å². The molecule has 0 amide bonds. The van der Waals surface area contributed by atoms with Crippen LogP contribution in [0, 0.1) is 11.3 Å². The molecule has 0 saturated carbocycles. The lowest BCUT2D eigenvalue weighted by molar-refractivity contribution is 0.596. The van der Waals surface area contributed by atoms with Crippen molar-refractivity contribution in [2.75, 3.05) is 0 Å². The van der Waals surface area contributed by atoms with Gasteiger partial charge in [0.2, 0.25) is 9.84 Å². The first-order valence-corrected chi connectivity index (χ1v) is 9.14. The molecule has 0 radical (unpaired) electrons. The molecule has 120 valence electrons. The monoisotopic (exact) mass is 396 g/mol. The molecular formula is C16H7Cl3N2O2S. The fourth-order valence-electron chi connectivity index (χ4n) is 2.21. The SMILES string of the molecule is N#Cc1ccc2c(Cl)c(S(=O)(=O)c3cc(Cl)cc(Cl)c3)cnc2c1. The Morgan fingerprint density at radius 2 is 1.67 bits per heavy atom. The molecule has 0 aliphatic heterocycles. The minimum Gasteiger partial charge on any atom is -0.255 e. The van der Waals surface area contributed by atoms with Gasteiger partial charge in [0.25, 0.3) is 0 Å². The zero-order valence-electron chi connectivity index (χ0n) is 11.8. The Morgan fingerprint density at radius 1 is 1.00 bits per heavy atom. The lowest BCUT2D eigenvalue weighted by Gasteiger charge is -2.09. The van der Waals surface area contributed by atoms with Crippen molar-refractivity contribution in [1.29, 1.82) is 5.26 Å². The van der Waals surface area contributed by atoms with Crippen LogP contribution in [0.4, 0.5) is 0 Å². The first-order valence-electron chi connectivity index (χ1n) is 6.52. The Balaban J connectivity index is 2.25. The quantitative estimate of drug-likeness (QED) is 0.616. The summed E-state index contributed by atoms with van der Waals surface area (Å²) in [6.45, 7) is 0. The first-order chi connectivity index (χ1) is 11.3. The number of nitriles is 1. The Bertz CT molecular complexity index is 1100. The summed E-state index contributed by atoms with van der Waals surface area (Å²) in [6, 6.07) is 10.7. The fraction of sp³-hybridized carbons (Fsp3) is 0. The van der Waals surface area contributed by atoms with E-state index in [1.165, 1.54) is 24.3 Å². The summed E-state index contributed by atoms with van der Waals surface area (Å²) in [4.78, 5) is 3.88. The Labute approximate surface area is 153 Å². The second-order valence-electron chi connectivity index (χ2n) is 4.89. The molecular weight excluding hydrogens is 391 g/mol. The predicted molar refractivity (Wildman–Crippen MR) is 93.4 cm³/mol.